The van der Waals surface area contributed by atoms with E-state index in [1.165, 1.54) is 23.3 Å². The van der Waals surface area contributed by atoms with Crippen LogP contribution in [0.3, 0.4) is 0 Å². The smallest absolute Gasteiger partial charge is 0.123 e. The van der Waals surface area contributed by atoms with Gasteiger partial charge in [0, 0.05) is 0 Å². The van der Waals surface area contributed by atoms with Crippen molar-refractivity contribution in [2.75, 3.05) is 0 Å². The van der Waals surface area contributed by atoms with Crippen molar-refractivity contribution < 1.29 is 4.39 Å². The van der Waals surface area contributed by atoms with Gasteiger partial charge >= 0.3 is 0 Å². The number of benzene rings is 3. The molecular formula is C20H18FP. The van der Waals surface area contributed by atoms with Crippen LogP contribution in [0.15, 0.2) is 84.9 Å². The second-order valence-corrected chi connectivity index (χ2v) is 5.37. The SMILES string of the molecule is C(=Cc1ccccc1)c1ccccc1.Fc1ccc(P)cc1. The van der Waals surface area contributed by atoms with Crippen LogP contribution in [0.4, 0.5) is 4.39 Å². The van der Waals surface area contributed by atoms with Crippen LogP contribution in [0.1, 0.15) is 11.1 Å². The third-order valence-electron chi connectivity index (χ3n) is 2.94. The lowest BCUT2D eigenvalue weighted by Gasteiger charge is -1.92. The van der Waals surface area contributed by atoms with Crippen LogP contribution in [-0.4, -0.2) is 0 Å². The molecule has 0 aliphatic rings. The highest BCUT2D eigenvalue weighted by atomic mass is 31.0. The van der Waals surface area contributed by atoms with Crippen molar-refractivity contribution in [1.82, 2.24) is 0 Å². The van der Waals surface area contributed by atoms with Crippen molar-refractivity contribution in [3.05, 3.63) is 102 Å². The first-order valence-corrected chi connectivity index (χ1v) is 7.61. The van der Waals surface area contributed by atoms with Gasteiger partial charge in [-0.25, -0.2) is 4.39 Å². The van der Waals surface area contributed by atoms with Gasteiger partial charge in [0.05, 0.1) is 0 Å². The van der Waals surface area contributed by atoms with E-state index in [1.54, 1.807) is 12.1 Å². The third-order valence-corrected chi connectivity index (χ3v) is 3.32. The van der Waals surface area contributed by atoms with E-state index in [0.29, 0.717) is 0 Å². The molecule has 0 saturated heterocycles. The van der Waals surface area contributed by atoms with Gasteiger partial charge in [0.25, 0.3) is 0 Å². The van der Waals surface area contributed by atoms with E-state index in [1.807, 2.05) is 36.4 Å². The van der Waals surface area contributed by atoms with Gasteiger partial charge in [-0.3, -0.25) is 0 Å². The Labute approximate surface area is 133 Å². The zero-order valence-electron chi connectivity index (χ0n) is 12.2. The highest BCUT2D eigenvalue weighted by Crippen LogP contribution is 2.06. The summed E-state index contributed by atoms with van der Waals surface area (Å²) in [5.41, 5.74) is 2.47. The van der Waals surface area contributed by atoms with Gasteiger partial charge in [0.2, 0.25) is 0 Å². The molecule has 0 bridgehead atoms. The Balaban J connectivity index is 0.000000188. The highest BCUT2D eigenvalue weighted by Gasteiger charge is 1.85. The number of hydrogen-bond acceptors (Lipinski definition) is 0. The Morgan fingerprint density at radius 1 is 0.591 bits per heavy atom. The summed E-state index contributed by atoms with van der Waals surface area (Å²) in [6, 6.07) is 26.9. The van der Waals surface area contributed by atoms with Crippen LogP contribution in [0, 0.1) is 5.82 Å². The molecule has 0 radical (unpaired) electrons. The summed E-state index contributed by atoms with van der Waals surface area (Å²) in [6.45, 7) is 0. The van der Waals surface area contributed by atoms with Gasteiger partial charge in [-0.05, 0) is 28.6 Å². The Morgan fingerprint density at radius 2 is 1.00 bits per heavy atom. The molecule has 1 unspecified atom stereocenters. The van der Waals surface area contributed by atoms with E-state index in [2.05, 4.69) is 45.7 Å². The maximum atomic E-state index is 12.1. The van der Waals surface area contributed by atoms with Gasteiger partial charge in [-0.1, -0.05) is 84.9 Å². The van der Waals surface area contributed by atoms with Gasteiger partial charge in [-0.15, -0.1) is 9.24 Å². The molecule has 0 N–H and O–H groups in total. The van der Waals surface area contributed by atoms with Gasteiger partial charge < -0.3 is 0 Å². The lowest BCUT2D eigenvalue weighted by Crippen LogP contribution is -1.86. The summed E-state index contributed by atoms with van der Waals surface area (Å²) in [4.78, 5) is 0. The molecule has 0 aromatic heterocycles. The van der Waals surface area contributed by atoms with E-state index in [4.69, 9.17) is 0 Å². The number of halogens is 1. The molecule has 0 saturated carbocycles. The van der Waals surface area contributed by atoms with Gasteiger partial charge in [0.1, 0.15) is 5.82 Å². The third kappa shape index (κ3) is 6.03. The Kier molecular flexibility index (Phi) is 6.54. The van der Waals surface area contributed by atoms with Crippen LogP contribution in [0.25, 0.3) is 12.2 Å². The molecule has 0 nitrogen and oxygen atoms in total. The predicted molar refractivity (Wildman–Crippen MR) is 97.6 cm³/mol. The molecule has 3 aromatic rings. The van der Waals surface area contributed by atoms with Crippen molar-refractivity contribution in [3.63, 3.8) is 0 Å². The lowest BCUT2D eigenvalue weighted by atomic mass is 10.1. The summed E-state index contributed by atoms with van der Waals surface area (Å²) >= 11 is 0. The Morgan fingerprint density at radius 3 is 1.36 bits per heavy atom. The fraction of sp³-hybridized carbons (Fsp3) is 0. The van der Waals surface area contributed by atoms with E-state index < -0.39 is 0 Å². The largest absolute Gasteiger partial charge is 0.207 e. The van der Waals surface area contributed by atoms with E-state index in [0.717, 1.165) is 5.30 Å². The molecule has 1 atom stereocenters. The fourth-order valence-electron chi connectivity index (χ4n) is 1.78. The standard InChI is InChI=1S/C14H12.C6H6FP/c1-3-7-13(8-4-1)11-12-14-9-5-2-6-10-14;7-5-1-3-6(8)4-2-5/h1-12H;1-4H,8H2. The molecule has 0 amide bonds. The predicted octanol–water partition coefficient (Wildman–Crippen LogP) is 5.18. The van der Waals surface area contributed by atoms with Crippen LogP contribution >= 0.6 is 9.24 Å². The second-order valence-electron chi connectivity index (χ2n) is 4.71. The quantitative estimate of drug-likeness (QED) is 0.452. The first-order chi connectivity index (χ1) is 10.7. The van der Waals surface area contributed by atoms with Crippen molar-refractivity contribution in [1.29, 1.82) is 0 Å². The number of hydrogen-bond donors (Lipinski definition) is 0. The summed E-state index contributed by atoms with van der Waals surface area (Å²) < 4.78 is 12.1. The van der Waals surface area contributed by atoms with Crippen LogP contribution in [0.2, 0.25) is 0 Å². The normalized spacial score (nSPS) is 10.1. The lowest BCUT2D eigenvalue weighted by molar-refractivity contribution is 0.628. The minimum absolute atomic E-state index is 0.184. The molecule has 0 spiro atoms. The first kappa shape index (κ1) is 16.1. The molecule has 110 valence electrons. The zero-order valence-corrected chi connectivity index (χ0v) is 13.3. The minimum Gasteiger partial charge on any atom is -0.207 e. The summed E-state index contributed by atoms with van der Waals surface area (Å²) in [5, 5.41) is 1.01. The van der Waals surface area contributed by atoms with E-state index >= 15 is 0 Å². The molecular weight excluding hydrogens is 290 g/mol. The maximum absolute atomic E-state index is 12.1. The molecule has 0 aliphatic heterocycles. The van der Waals surface area contributed by atoms with E-state index in [-0.39, 0.29) is 5.82 Å². The van der Waals surface area contributed by atoms with Gasteiger partial charge in [-0.2, -0.15) is 0 Å². The topological polar surface area (TPSA) is 0 Å². The maximum Gasteiger partial charge on any atom is 0.123 e. The highest BCUT2D eigenvalue weighted by molar-refractivity contribution is 7.27. The second kappa shape index (κ2) is 8.92. The van der Waals surface area contributed by atoms with Crippen molar-refractivity contribution >= 4 is 26.7 Å². The molecule has 3 rings (SSSR count). The zero-order chi connectivity index (χ0) is 15.6. The minimum atomic E-state index is -0.184. The molecule has 2 heteroatoms. The fourth-order valence-corrected chi connectivity index (χ4v) is 1.98. The monoisotopic (exact) mass is 308 g/mol. The Hall–Kier alpha value is -2.24. The Bertz CT molecular complexity index is 626. The van der Waals surface area contributed by atoms with Crippen molar-refractivity contribution in [3.8, 4) is 0 Å². The summed E-state index contributed by atoms with van der Waals surface area (Å²) in [7, 11) is 2.48. The summed E-state index contributed by atoms with van der Waals surface area (Å²) in [6.07, 6.45) is 4.24. The number of rotatable bonds is 2. The molecule has 0 heterocycles. The van der Waals surface area contributed by atoms with E-state index in [9.17, 15) is 4.39 Å². The van der Waals surface area contributed by atoms with Gasteiger partial charge in [0.15, 0.2) is 0 Å². The van der Waals surface area contributed by atoms with Crippen LogP contribution < -0.4 is 5.30 Å². The van der Waals surface area contributed by atoms with Crippen molar-refractivity contribution in [2.45, 2.75) is 0 Å². The average molecular weight is 308 g/mol. The summed E-state index contributed by atoms with van der Waals surface area (Å²) in [5.74, 6) is -0.184. The molecule has 0 aliphatic carbocycles. The van der Waals surface area contributed by atoms with Crippen LogP contribution in [-0.2, 0) is 0 Å². The van der Waals surface area contributed by atoms with Crippen molar-refractivity contribution in [2.24, 2.45) is 0 Å². The first-order valence-electron chi connectivity index (χ1n) is 7.03. The molecule has 0 fully saturated rings. The molecule has 3 aromatic carbocycles. The van der Waals surface area contributed by atoms with Crippen LogP contribution in [0.5, 0.6) is 0 Å². The molecule has 22 heavy (non-hydrogen) atoms. The average Bonchev–Trinajstić information content (AvgIpc) is 2.58.